The summed E-state index contributed by atoms with van der Waals surface area (Å²) >= 11 is 0. The first-order valence-corrected chi connectivity index (χ1v) is 6.69. The van der Waals surface area contributed by atoms with E-state index in [4.69, 9.17) is 5.26 Å². The Labute approximate surface area is 104 Å². The van der Waals surface area contributed by atoms with Gasteiger partial charge in [-0.3, -0.25) is 0 Å². The largest absolute Gasteiger partial charge is 0.198 e. The van der Waals surface area contributed by atoms with Gasteiger partial charge in [-0.2, -0.15) is 5.26 Å². The highest BCUT2D eigenvalue weighted by atomic mass is 14.4. The van der Waals surface area contributed by atoms with Crippen LogP contribution in [0.3, 0.4) is 0 Å². The van der Waals surface area contributed by atoms with E-state index in [1.807, 2.05) is 0 Å². The fourth-order valence-corrected chi connectivity index (χ4v) is 3.20. The van der Waals surface area contributed by atoms with E-state index in [9.17, 15) is 0 Å². The first-order valence-electron chi connectivity index (χ1n) is 6.69. The van der Waals surface area contributed by atoms with Gasteiger partial charge >= 0.3 is 0 Å². The van der Waals surface area contributed by atoms with Gasteiger partial charge < -0.3 is 0 Å². The minimum Gasteiger partial charge on any atom is -0.198 e. The molecule has 1 heteroatoms. The maximum Gasteiger partial charge on any atom is 0.0631 e. The molecule has 1 aliphatic carbocycles. The highest BCUT2D eigenvalue weighted by Crippen LogP contribution is 2.45. The molecule has 0 bridgehead atoms. The minimum atomic E-state index is 0.157. The molecule has 1 aliphatic rings. The quantitative estimate of drug-likeness (QED) is 0.756. The Morgan fingerprint density at radius 2 is 2.00 bits per heavy atom. The van der Waals surface area contributed by atoms with Gasteiger partial charge in [0.1, 0.15) is 0 Å². The highest BCUT2D eigenvalue weighted by molar-refractivity contribution is 5.38. The second-order valence-electron chi connectivity index (χ2n) is 5.33. The van der Waals surface area contributed by atoms with E-state index in [0.29, 0.717) is 6.42 Å². The van der Waals surface area contributed by atoms with Gasteiger partial charge in [0.2, 0.25) is 0 Å². The summed E-state index contributed by atoms with van der Waals surface area (Å²) in [6, 6.07) is 9.20. The van der Waals surface area contributed by atoms with Crippen molar-refractivity contribution >= 4 is 0 Å². The van der Waals surface area contributed by atoms with E-state index in [0.717, 1.165) is 6.42 Å². The van der Waals surface area contributed by atoms with E-state index < -0.39 is 0 Å². The Morgan fingerprint density at radius 1 is 1.29 bits per heavy atom. The molecule has 0 unspecified atom stereocenters. The molecule has 0 N–H and O–H groups in total. The zero-order valence-corrected chi connectivity index (χ0v) is 10.9. The van der Waals surface area contributed by atoms with Crippen LogP contribution in [-0.2, 0) is 11.8 Å². The molecule has 2 rings (SSSR count). The summed E-state index contributed by atoms with van der Waals surface area (Å²) in [5.74, 6) is 0. The molecule has 0 radical (unpaired) electrons. The van der Waals surface area contributed by atoms with E-state index in [2.05, 4.69) is 38.1 Å². The van der Waals surface area contributed by atoms with Crippen LogP contribution >= 0.6 is 0 Å². The van der Waals surface area contributed by atoms with Gasteiger partial charge in [-0.25, -0.2) is 0 Å². The first-order chi connectivity index (χ1) is 8.22. The van der Waals surface area contributed by atoms with Crippen molar-refractivity contribution in [3.05, 3.63) is 34.9 Å². The predicted molar refractivity (Wildman–Crippen MR) is 70.9 cm³/mol. The number of benzene rings is 1. The second kappa shape index (κ2) is 4.92. The molecule has 0 heterocycles. The number of nitriles is 1. The Balaban J connectivity index is 2.45. The van der Waals surface area contributed by atoms with Crippen LogP contribution in [0.1, 0.15) is 55.7 Å². The Kier molecular flexibility index (Phi) is 3.52. The SMILES string of the molecule is CCc1ccc(C)c(C2(CC#N)CCCC2)c1. The van der Waals surface area contributed by atoms with Crippen LogP contribution in [-0.4, -0.2) is 0 Å². The van der Waals surface area contributed by atoms with Crippen LogP contribution in [0.5, 0.6) is 0 Å². The van der Waals surface area contributed by atoms with Crippen molar-refractivity contribution in [2.45, 2.75) is 57.8 Å². The maximum atomic E-state index is 9.12. The molecule has 90 valence electrons. The topological polar surface area (TPSA) is 23.8 Å². The molecular weight excluding hydrogens is 206 g/mol. The molecule has 0 saturated heterocycles. The minimum absolute atomic E-state index is 0.157. The molecule has 0 aliphatic heterocycles. The highest BCUT2D eigenvalue weighted by Gasteiger charge is 2.36. The average molecular weight is 227 g/mol. The van der Waals surface area contributed by atoms with Crippen LogP contribution < -0.4 is 0 Å². The average Bonchev–Trinajstić information content (AvgIpc) is 2.80. The smallest absolute Gasteiger partial charge is 0.0631 e. The van der Waals surface area contributed by atoms with Gasteiger partial charge in [-0.15, -0.1) is 0 Å². The summed E-state index contributed by atoms with van der Waals surface area (Å²) in [5.41, 5.74) is 4.36. The molecule has 1 saturated carbocycles. The molecule has 1 aromatic rings. The summed E-state index contributed by atoms with van der Waals surface area (Å²) in [5, 5.41) is 9.12. The molecule has 1 nitrogen and oxygen atoms in total. The molecule has 0 aromatic heterocycles. The van der Waals surface area contributed by atoms with Crippen LogP contribution in [0.4, 0.5) is 0 Å². The normalized spacial score (nSPS) is 17.9. The summed E-state index contributed by atoms with van der Waals surface area (Å²) in [6.45, 7) is 4.38. The molecular formula is C16H21N. The van der Waals surface area contributed by atoms with Crippen LogP contribution in [0.25, 0.3) is 0 Å². The maximum absolute atomic E-state index is 9.12. The lowest BCUT2D eigenvalue weighted by Crippen LogP contribution is -2.22. The summed E-state index contributed by atoms with van der Waals surface area (Å²) in [7, 11) is 0. The monoisotopic (exact) mass is 227 g/mol. The van der Waals surface area contributed by atoms with Crippen LogP contribution in [0.15, 0.2) is 18.2 Å². The van der Waals surface area contributed by atoms with Crippen molar-refractivity contribution in [2.75, 3.05) is 0 Å². The van der Waals surface area contributed by atoms with E-state index in [1.54, 1.807) is 0 Å². The summed E-state index contributed by atoms with van der Waals surface area (Å²) in [6.07, 6.45) is 6.69. The first kappa shape index (κ1) is 12.2. The third-order valence-electron chi connectivity index (χ3n) is 4.26. The van der Waals surface area contributed by atoms with Gasteiger partial charge in [0.15, 0.2) is 0 Å². The third kappa shape index (κ3) is 2.22. The molecule has 1 fully saturated rings. The number of nitrogens with zero attached hydrogens (tertiary/aromatic N) is 1. The van der Waals surface area contributed by atoms with Gasteiger partial charge in [-0.1, -0.05) is 38.0 Å². The number of aryl methyl sites for hydroxylation is 2. The van der Waals surface area contributed by atoms with Crippen molar-refractivity contribution in [2.24, 2.45) is 0 Å². The van der Waals surface area contributed by atoms with Crippen LogP contribution in [0.2, 0.25) is 0 Å². The zero-order chi connectivity index (χ0) is 12.3. The van der Waals surface area contributed by atoms with Gasteiger partial charge in [0, 0.05) is 11.8 Å². The van der Waals surface area contributed by atoms with Gasteiger partial charge in [-0.05, 0) is 42.9 Å². The number of hydrogen-bond donors (Lipinski definition) is 0. The standard InChI is InChI=1S/C16H21N/c1-3-14-7-6-13(2)15(12-14)16(10-11-17)8-4-5-9-16/h6-7,12H,3-5,8-10H2,1-2H3. The zero-order valence-electron chi connectivity index (χ0n) is 10.9. The van der Waals surface area contributed by atoms with Crippen molar-refractivity contribution < 1.29 is 0 Å². The van der Waals surface area contributed by atoms with Gasteiger partial charge in [0.25, 0.3) is 0 Å². The molecule has 17 heavy (non-hydrogen) atoms. The molecule has 1 aromatic carbocycles. The number of rotatable bonds is 3. The van der Waals surface area contributed by atoms with Gasteiger partial charge in [0.05, 0.1) is 6.07 Å². The fourth-order valence-electron chi connectivity index (χ4n) is 3.20. The summed E-state index contributed by atoms with van der Waals surface area (Å²) < 4.78 is 0. The van der Waals surface area contributed by atoms with E-state index >= 15 is 0 Å². The number of hydrogen-bond acceptors (Lipinski definition) is 1. The summed E-state index contributed by atoms with van der Waals surface area (Å²) in [4.78, 5) is 0. The van der Waals surface area contributed by atoms with Crippen molar-refractivity contribution in [1.82, 2.24) is 0 Å². The Hall–Kier alpha value is -1.29. The van der Waals surface area contributed by atoms with Crippen molar-refractivity contribution in [3.8, 4) is 6.07 Å². The lowest BCUT2D eigenvalue weighted by Gasteiger charge is -2.29. The predicted octanol–water partition coefficient (Wildman–Crippen LogP) is 4.28. The van der Waals surface area contributed by atoms with Crippen LogP contribution in [0, 0.1) is 18.3 Å². The van der Waals surface area contributed by atoms with Crippen molar-refractivity contribution in [3.63, 3.8) is 0 Å². The fraction of sp³-hybridized carbons (Fsp3) is 0.562. The lowest BCUT2D eigenvalue weighted by molar-refractivity contribution is 0.448. The Bertz CT molecular complexity index is 433. The lowest BCUT2D eigenvalue weighted by atomic mass is 9.74. The molecule has 0 atom stereocenters. The second-order valence-corrected chi connectivity index (χ2v) is 5.33. The Morgan fingerprint density at radius 3 is 2.59 bits per heavy atom. The molecule has 0 spiro atoms. The van der Waals surface area contributed by atoms with Crippen molar-refractivity contribution in [1.29, 1.82) is 5.26 Å². The molecule has 0 amide bonds. The van der Waals surface area contributed by atoms with E-state index in [-0.39, 0.29) is 5.41 Å². The van der Waals surface area contributed by atoms with E-state index in [1.165, 1.54) is 42.4 Å². The third-order valence-corrected chi connectivity index (χ3v) is 4.26.